The van der Waals surface area contributed by atoms with Crippen LogP contribution in [0.5, 0.6) is 0 Å². The highest BCUT2D eigenvalue weighted by molar-refractivity contribution is 5.89. The van der Waals surface area contributed by atoms with E-state index in [0.29, 0.717) is 12.3 Å². The van der Waals surface area contributed by atoms with Crippen molar-refractivity contribution in [1.82, 2.24) is 15.2 Å². The molecule has 0 bridgehead atoms. The zero-order chi connectivity index (χ0) is 16.5. The molecule has 2 aromatic rings. The summed E-state index contributed by atoms with van der Waals surface area (Å²) >= 11 is 0. The van der Waals surface area contributed by atoms with Gasteiger partial charge in [0.2, 0.25) is 0 Å². The topological polar surface area (TPSA) is 70.7 Å². The van der Waals surface area contributed by atoms with Gasteiger partial charge >= 0.3 is 5.91 Å². The number of carbonyl (C=O) groups is 1. The van der Waals surface area contributed by atoms with E-state index in [1.807, 2.05) is 35.2 Å². The molecule has 1 aromatic heterocycles. The Balaban J connectivity index is 0.00000288. The summed E-state index contributed by atoms with van der Waals surface area (Å²) < 4.78 is 5.50. The second-order valence-corrected chi connectivity index (χ2v) is 4.80. The number of benzene rings is 1. The standard InChI is InChI=1S/C17H20N4O2.H2/c1-3-21(13-18-2)11-7-10-19-16(22)17-20-12-15(23-17)14-8-5-4-6-9-14;/h3-6,8-9,12-13H,1,7,10-11H2,2H3,(H,19,22);1H. The Labute approximate surface area is 137 Å². The van der Waals surface area contributed by atoms with Crippen LogP contribution in [0.25, 0.3) is 11.3 Å². The van der Waals surface area contributed by atoms with Crippen LogP contribution in [-0.4, -0.2) is 42.3 Å². The highest BCUT2D eigenvalue weighted by Gasteiger charge is 2.13. The van der Waals surface area contributed by atoms with Crippen molar-refractivity contribution in [2.45, 2.75) is 6.42 Å². The molecule has 0 saturated heterocycles. The first-order valence-electron chi connectivity index (χ1n) is 7.34. The molecule has 0 aliphatic heterocycles. The number of nitrogens with one attached hydrogen (secondary N) is 1. The molecule has 0 aliphatic carbocycles. The fourth-order valence-electron chi connectivity index (χ4n) is 2.00. The van der Waals surface area contributed by atoms with Crippen molar-refractivity contribution in [2.24, 2.45) is 4.99 Å². The van der Waals surface area contributed by atoms with Gasteiger partial charge in [0.25, 0.3) is 5.89 Å². The van der Waals surface area contributed by atoms with Gasteiger partial charge in [0, 0.05) is 27.1 Å². The van der Waals surface area contributed by atoms with Crippen molar-refractivity contribution in [3.05, 3.63) is 55.2 Å². The maximum Gasteiger partial charge on any atom is 0.307 e. The molecule has 0 spiro atoms. The van der Waals surface area contributed by atoms with Gasteiger partial charge in [-0.05, 0) is 12.6 Å². The van der Waals surface area contributed by atoms with E-state index in [1.54, 1.807) is 25.8 Å². The second-order valence-electron chi connectivity index (χ2n) is 4.80. The Morgan fingerprint density at radius 1 is 1.48 bits per heavy atom. The molecular weight excluding hydrogens is 292 g/mol. The third-order valence-electron chi connectivity index (χ3n) is 3.14. The molecule has 6 nitrogen and oxygen atoms in total. The average molecular weight is 314 g/mol. The van der Waals surface area contributed by atoms with Crippen LogP contribution in [-0.2, 0) is 0 Å². The predicted molar refractivity (Wildman–Crippen MR) is 92.3 cm³/mol. The lowest BCUT2D eigenvalue weighted by atomic mass is 10.2. The van der Waals surface area contributed by atoms with Gasteiger partial charge in [-0.1, -0.05) is 36.9 Å². The Hall–Kier alpha value is -2.89. The van der Waals surface area contributed by atoms with Gasteiger partial charge < -0.3 is 14.6 Å². The van der Waals surface area contributed by atoms with Crippen LogP contribution >= 0.6 is 0 Å². The molecule has 23 heavy (non-hydrogen) atoms. The first-order valence-corrected chi connectivity index (χ1v) is 7.34. The third kappa shape index (κ3) is 4.81. The molecule has 0 fully saturated rings. The zero-order valence-corrected chi connectivity index (χ0v) is 13.1. The highest BCUT2D eigenvalue weighted by Crippen LogP contribution is 2.19. The van der Waals surface area contributed by atoms with Crippen LogP contribution in [0, 0.1) is 0 Å². The second kappa shape index (κ2) is 8.53. The monoisotopic (exact) mass is 314 g/mol. The highest BCUT2D eigenvalue weighted by atomic mass is 16.4. The lowest BCUT2D eigenvalue weighted by molar-refractivity contribution is 0.0919. The molecule has 0 saturated carbocycles. The van der Waals surface area contributed by atoms with Crippen molar-refractivity contribution in [3.8, 4) is 11.3 Å². The van der Waals surface area contributed by atoms with Gasteiger partial charge in [0.15, 0.2) is 5.76 Å². The molecule has 1 aromatic carbocycles. The number of oxazole rings is 1. The van der Waals surface area contributed by atoms with E-state index in [9.17, 15) is 4.79 Å². The number of rotatable bonds is 8. The fourth-order valence-corrected chi connectivity index (χ4v) is 2.00. The summed E-state index contributed by atoms with van der Waals surface area (Å²) in [4.78, 5) is 21.8. The van der Waals surface area contributed by atoms with Crippen molar-refractivity contribution >= 4 is 12.2 Å². The molecule has 0 atom stereocenters. The van der Waals surface area contributed by atoms with Gasteiger partial charge in [0.1, 0.15) is 0 Å². The van der Waals surface area contributed by atoms with E-state index in [4.69, 9.17) is 4.42 Å². The fraction of sp³-hybridized carbons (Fsp3) is 0.235. The minimum atomic E-state index is -0.318. The lowest BCUT2D eigenvalue weighted by Crippen LogP contribution is -2.27. The van der Waals surface area contributed by atoms with Gasteiger partial charge in [-0.2, -0.15) is 0 Å². The van der Waals surface area contributed by atoms with E-state index < -0.39 is 0 Å². The number of hydrogen-bond donors (Lipinski definition) is 1. The van der Waals surface area contributed by atoms with Gasteiger partial charge in [-0.15, -0.1) is 0 Å². The number of nitrogens with zero attached hydrogens (tertiary/aromatic N) is 3. The van der Waals surface area contributed by atoms with E-state index in [1.165, 1.54) is 0 Å². The smallest absolute Gasteiger partial charge is 0.307 e. The van der Waals surface area contributed by atoms with Gasteiger partial charge in [0.05, 0.1) is 12.5 Å². The number of aromatic nitrogens is 1. The quantitative estimate of drug-likeness (QED) is 0.462. The summed E-state index contributed by atoms with van der Waals surface area (Å²) in [6.07, 6.45) is 5.70. The first-order chi connectivity index (χ1) is 11.2. The molecule has 0 aliphatic rings. The van der Waals surface area contributed by atoms with E-state index >= 15 is 0 Å². The van der Waals surface area contributed by atoms with Crippen LogP contribution in [0.3, 0.4) is 0 Å². The van der Waals surface area contributed by atoms with Gasteiger partial charge in [-0.3, -0.25) is 9.79 Å². The SMILES string of the molecule is C=CN(C=NC)CCCNC(=O)c1ncc(-c2ccccc2)o1.[HH]. The molecule has 6 heteroatoms. The first kappa shape index (κ1) is 16.5. The largest absolute Gasteiger partial charge is 0.432 e. The molecule has 122 valence electrons. The number of carbonyl (C=O) groups excluding carboxylic acids is 1. The van der Waals surface area contributed by atoms with Crippen molar-refractivity contribution in [1.29, 1.82) is 0 Å². The number of hydrogen-bond acceptors (Lipinski definition) is 4. The minimum Gasteiger partial charge on any atom is -0.432 e. The summed E-state index contributed by atoms with van der Waals surface area (Å²) in [5, 5.41) is 2.78. The maximum atomic E-state index is 12.0. The maximum absolute atomic E-state index is 12.0. The summed E-state index contributed by atoms with van der Waals surface area (Å²) in [7, 11) is 1.70. The average Bonchev–Trinajstić information content (AvgIpc) is 3.08. The van der Waals surface area contributed by atoms with E-state index in [0.717, 1.165) is 18.5 Å². The summed E-state index contributed by atoms with van der Waals surface area (Å²) in [6, 6.07) is 9.54. The Morgan fingerprint density at radius 2 is 2.26 bits per heavy atom. The van der Waals surface area contributed by atoms with Crippen LogP contribution in [0.15, 0.2) is 58.7 Å². The number of aliphatic imine (C=N–C) groups is 1. The van der Waals surface area contributed by atoms with Crippen molar-refractivity contribution in [3.63, 3.8) is 0 Å². The van der Waals surface area contributed by atoms with Crippen LogP contribution in [0.2, 0.25) is 0 Å². The zero-order valence-electron chi connectivity index (χ0n) is 13.1. The van der Waals surface area contributed by atoms with Crippen molar-refractivity contribution < 1.29 is 10.6 Å². The van der Waals surface area contributed by atoms with Gasteiger partial charge in [-0.25, -0.2) is 4.98 Å². The molecule has 0 radical (unpaired) electrons. The lowest BCUT2D eigenvalue weighted by Gasteiger charge is -2.13. The molecular formula is C17H22N4O2. The molecule has 1 amide bonds. The Kier molecular flexibility index (Phi) is 6.11. The summed E-state index contributed by atoms with van der Waals surface area (Å²) in [5.41, 5.74) is 0.888. The Morgan fingerprint density at radius 3 is 2.96 bits per heavy atom. The Bertz CT molecular complexity index is 670. The van der Waals surface area contributed by atoms with Crippen LogP contribution in [0.4, 0.5) is 0 Å². The minimum absolute atomic E-state index is 0. The summed E-state index contributed by atoms with van der Waals surface area (Å²) in [5.74, 6) is 0.328. The van der Waals surface area contributed by atoms with Crippen LogP contribution in [0.1, 0.15) is 18.5 Å². The molecule has 2 rings (SSSR count). The van der Waals surface area contributed by atoms with E-state index in [2.05, 4.69) is 21.9 Å². The third-order valence-corrected chi connectivity index (χ3v) is 3.14. The normalized spacial score (nSPS) is 10.7. The number of amides is 1. The van der Waals surface area contributed by atoms with E-state index in [-0.39, 0.29) is 13.2 Å². The van der Waals surface area contributed by atoms with Crippen molar-refractivity contribution in [2.75, 3.05) is 20.1 Å². The molecule has 1 heterocycles. The molecule has 1 N–H and O–H groups in total. The predicted octanol–water partition coefficient (Wildman–Crippen LogP) is 2.81. The molecule has 0 unspecified atom stereocenters. The van der Waals surface area contributed by atoms with Crippen LogP contribution < -0.4 is 5.32 Å². The summed E-state index contributed by atoms with van der Waals surface area (Å²) in [6.45, 7) is 4.94.